The second kappa shape index (κ2) is 16.2. The first kappa shape index (κ1) is 21.4. The lowest BCUT2D eigenvalue weighted by Crippen LogP contribution is -2.22. The third kappa shape index (κ3) is 12.9. The summed E-state index contributed by atoms with van der Waals surface area (Å²) in [4.78, 5) is 8.83. The minimum atomic E-state index is 0. The van der Waals surface area contributed by atoms with Crippen molar-refractivity contribution in [1.82, 2.24) is 10.6 Å². The number of amidine groups is 2. The van der Waals surface area contributed by atoms with Gasteiger partial charge in [0.1, 0.15) is 0 Å². The van der Waals surface area contributed by atoms with Gasteiger partial charge in [0.05, 0.1) is 0 Å². The molecule has 19 heavy (non-hydrogen) atoms. The van der Waals surface area contributed by atoms with Crippen molar-refractivity contribution in [3.63, 3.8) is 0 Å². The van der Waals surface area contributed by atoms with Crippen LogP contribution in [0.5, 0.6) is 0 Å². The molecule has 0 rings (SSSR count). The average molecular weight is 371 g/mol. The van der Waals surface area contributed by atoms with Crippen LogP contribution >= 0.6 is 40.5 Å². The Kier molecular flexibility index (Phi) is 18.2. The van der Waals surface area contributed by atoms with Crippen LogP contribution in [0, 0.1) is 0 Å². The third-order valence-electron chi connectivity index (χ3n) is 1.82. The summed E-state index contributed by atoms with van der Waals surface area (Å²) >= 11 is 3.57. The van der Waals surface area contributed by atoms with Crippen LogP contribution in [-0.2, 0) is 0 Å². The van der Waals surface area contributed by atoms with Gasteiger partial charge in [0.2, 0.25) is 0 Å². The van der Waals surface area contributed by atoms with E-state index in [-0.39, 0.29) is 17.0 Å². The molecule has 114 valence electrons. The lowest BCUT2D eigenvalue weighted by molar-refractivity contribution is 0.964. The highest BCUT2D eigenvalue weighted by Crippen LogP contribution is 2.09. The number of hydrogen-bond donors (Lipinski definition) is 2. The monoisotopic (exact) mass is 370 g/mol. The summed E-state index contributed by atoms with van der Waals surface area (Å²) in [5.41, 5.74) is 0. The van der Waals surface area contributed by atoms with Crippen molar-refractivity contribution in [3.05, 3.63) is 0 Å². The Hall–Kier alpha value is 0.120. The quantitative estimate of drug-likeness (QED) is 0.410. The first-order valence-electron chi connectivity index (χ1n) is 6.60. The molecular formula is C12H27BrN4S2. The Morgan fingerprint density at radius 1 is 0.789 bits per heavy atom. The van der Waals surface area contributed by atoms with Gasteiger partial charge in [-0.25, -0.2) is 0 Å². The first-order valence-corrected chi connectivity index (χ1v) is 8.57. The Labute approximate surface area is 136 Å². The molecule has 0 amide bonds. The van der Waals surface area contributed by atoms with Gasteiger partial charge in [-0.1, -0.05) is 23.5 Å². The number of hydrogen-bond acceptors (Lipinski definition) is 4. The summed E-state index contributed by atoms with van der Waals surface area (Å²) in [5.74, 6) is 2.09. The topological polar surface area (TPSA) is 48.8 Å². The Morgan fingerprint density at radius 3 is 1.42 bits per heavy atom. The van der Waals surface area contributed by atoms with E-state index in [0.717, 1.165) is 48.0 Å². The second-order valence-electron chi connectivity index (χ2n) is 3.32. The van der Waals surface area contributed by atoms with Crippen molar-refractivity contribution < 1.29 is 0 Å². The molecule has 0 saturated heterocycles. The smallest absolute Gasteiger partial charge is 0.156 e. The van der Waals surface area contributed by atoms with E-state index in [4.69, 9.17) is 0 Å². The van der Waals surface area contributed by atoms with Crippen molar-refractivity contribution in [2.45, 2.75) is 27.7 Å². The number of aliphatic imine (C=N–C) groups is 2. The maximum Gasteiger partial charge on any atom is 0.156 e. The van der Waals surface area contributed by atoms with Crippen LogP contribution in [0.4, 0.5) is 0 Å². The van der Waals surface area contributed by atoms with Crippen LogP contribution in [0.3, 0.4) is 0 Å². The summed E-state index contributed by atoms with van der Waals surface area (Å²) in [6.07, 6.45) is 0. The van der Waals surface area contributed by atoms with Crippen LogP contribution in [0.2, 0.25) is 0 Å². The van der Waals surface area contributed by atoms with Crippen LogP contribution in [-0.4, -0.2) is 48.0 Å². The minimum Gasteiger partial charge on any atom is -0.365 e. The van der Waals surface area contributed by atoms with Gasteiger partial charge in [0.25, 0.3) is 0 Å². The molecule has 0 aliphatic heterocycles. The molecule has 7 heteroatoms. The highest BCUT2D eigenvalue weighted by molar-refractivity contribution is 8.93. The van der Waals surface area contributed by atoms with Gasteiger partial charge in [-0.05, 0) is 27.7 Å². The largest absolute Gasteiger partial charge is 0.365 e. The van der Waals surface area contributed by atoms with E-state index < -0.39 is 0 Å². The van der Waals surface area contributed by atoms with E-state index in [1.807, 2.05) is 0 Å². The molecule has 0 aliphatic rings. The van der Waals surface area contributed by atoms with Gasteiger partial charge in [-0.3, -0.25) is 9.98 Å². The predicted molar refractivity (Wildman–Crippen MR) is 98.5 cm³/mol. The maximum atomic E-state index is 4.42. The van der Waals surface area contributed by atoms with Crippen LogP contribution in [0.25, 0.3) is 0 Å². The Bertz CT molecular complexity index is 234. The number of thioether (sulfide) groups is 2. The minimum absolute atomic E-state index is 0. The molecule has 0 spiro atoms. The van der Waals surface area contributed by atoms with E-state index in [1.54, 1.807) is 23.5 Å². The normalized spacial score (nSPS) is 12.0. The average Bonchev–Trinajstić information content (AvgIpc) is 2.35. The molecule has 0 fully saturated rings. The van der Waals surface area contributed by atoms with Crippen LogP contribution in [0.1, 0.15) is 27.7 Å². The standard InChI is InChI=1S/C12H26N4S2.BrH/c1-5-13-11(14-6-2)17-9-10-18-12(15-7-3)16-8-4;/h5-10H2,1-4H3,(H,13,14)(H,15,16);1H. The van der Waals surface area contributed by atoms with Crippen LogP contribution < -0.4 is 10.6 Å². The third-order valence-corrected chi connectivity index (χ3v) is 3.99. The molecule has 0 bridgehead atoms. The number of halogens is 1. The zero-order valence-corrected chi connectivity index (χ0v) is 15.7. The fourth-order valence-corrected chi connectivity index (χ4v) is 3.16. The molecule has 0 aromatic heterocycles. The zero-order valence-electron chi connectivity index (χ0n) is 12.4. The fourth-order valence-electron chi connectivity index (χ4n) is 1.17. The summed E-state index contributed by atoms with van der Waals surface area (Å²) < 4.78 is 0. The molecule has 0 unspecified atom stereocenters. The zero-order chi connectivity index (χ0) is 13.6. The van der Waals surface area contributed by atoms with E-state index >= 15 is 0 Å². The number of rotatable bonds is 7. The molecule has 0 aromatic carbocycles. The SMILES string of the molecule is Br.CCN=C(NCC)SCCSC(=NCC)NCC. The molecule has 0 atom stereocenters. The molecular weight excluding hydrogens is 344 g/mol. The summed E-state index contributed by atoms with van der Waals surface area (Å²) in [5, 5.41) is 8.67. The van der Waals surface area contributed by atoms with Crippen LogP contribution in [0.15, 0.2) is 9.98 Å². The van der Waals surface area contributed by atoms with E-state index in [1.165, 1.54) is 0 Å². The summed E-state index contributed by atoms with van der Waals surface area (Å²) in [6, 6.07) is 0. The molecule has 0 radical (unpaired) electrons. The van der Waals surface area contributed by atoms with Crippen molar-refractivity contribution in [2.75, 3.05) is 37.7 Å². The van der Waals surface area contributed by atoms with E-state index in [2.05, 4.69) is 48.3 Å². The van der Waals surface area contributed by atoms with Crippen molar-refractivity contribution in [2.24, 2.45) is 9.98 Å². The van der Waals surface area contributed by atoms with Gasteiger partial charge in [0.15, 0.2) is 10.3 Å². The molecule has 0 heterocycles. The van der Waals surface area contributed by atoms with E-state index in [9.17, 15) is 0 Å². The highest BCUT2D eigenvalue weighted by atomic mass is 79.9. The van der Waals surface area contributed by atoms with Gasteiger partial charge in [0, 0.05) is 37.7 Å². The molecule has 0 aromatic rings. The highest BCUT2D eigenvalue weighted by Gasteiger charge is 2.01. The summed E-state index contributed by atoms with van der Waals surface area (Å²) in [7, 11) is 0. The maximum absolute atomic E-state index is 4.42. The molecule has 0 saturated carbocycles. The Morgan fingerprint density at radius 2 is 1.16 bits per heavy atom. The van der Waals surface area contributed by atoms with E-state index in [0.29, 0.717) is 0 Å². The first-order chi connectivity index (χ1) is 8.78. The second-order valence-corrected chi connectivity index (χ2v) is 5.48. The lowest BCUT2D eigenvalue weighted by atomic mass is 10.7. The Balaban J connectivity index is 0. The van der Waals surface area contributed by atoms with Gasteiger partial charge in [-0.15, -0.1) is 17.0 Å². The van der Waals surface area contributed by atoms with Crippen molar-refractivity contribution >= 4 is 50.8 Å². The van der Waals surface area contributed by atoms with Gasteiger partial charge < -0.3 is 10.6 Å². The fraction of sp³-hybridized carbons (Fsp3) is 0.833. The van der Waals surface area contributed by atoms with Gasteiger partial charge >= 0.3 is 0 Å². The van der Waals surface area contributed by atoms with Gasteiger partial charge in [-0.2, -0.15) is 0 Å². The molecule has 2 N–H and O–H groups in total. The predicted octanol–water partition coefficient (Wildman–Crippen LogP) is 3.00. The number of nitrogens with one attached hydrogen (secondary N) is 2. The number of nitrogens with zero attached hydrogens (tertiary/aromatic N) is 2. The molecule has 4 nitrogen and oxygen atoms in total. The summed E-state index contributed by atoms with van der Waals surface area (Å²) in [6.45, 7) is 11.8. The lowest BCUT2D eigenvalue weighted by Gasteiger charge is -2.09. The van der Waals surface area contributed by atoms with Crippen molar-refractivity contribution in [3.8, 4) is 0 Å². The van der Waals surface area contributed by atoms with Crippen molar-refractivity contribution in [1.29, 1.82) is 0 Å². The molecule has 0 aliphatic carbocycles.